The Morgan fingerprint density at radius 2 is 1.90 bits per heavy atom. The quantitative estimate of drug-likeness (QED) is 0.456. The van der Waals surface area contributed by atoms with E-state index < -0.39 is 0 Å². The molecule has 2 N–H and O–H groups in total. The third kappa shape index (κ3) is 5.45. The summed E-state index contributed by atoms with van der Waals surface area (Å²) >= 11 is 0. The van der Waals surface area contributed by atoms with Crippen LogP contribution in [-0.2, 0) is 6.54 Å². The number of benzene rings is 1. The molecule has 0 amide bonds. The summed E-state index contributed by atoms with van der Waals surface area (Å²) in [4.78, 5) is 4.20. The van der Waals surface area contributed by atoms with E-state index in [2.05, 4.69) is 22.5 Å². The third-order valence-electron chi connectivity index (χ3n) is 4.12. The minimum Gasteiger partial charge on any atom is -0.356 e. The lowest BCUT2D eigenvalue weighted by molar-refractivity contribution is 0.334. The van der Waals surface area contributed by atoms with Gasteiger partial charge in [0.25, 0.3) is 0 Å². The van der Waals surface area contributed by atoms with Gasteiger partial charge in [0.05, 0.1) is 0 Å². The van der Waals surface area contributed by atoms with Crippen molar-refractivity contribution in [2.75, 3.05) is 13.6 Å². The first-order valence-corrected chi connectivity index (χ1v) is 7.31. The van der Waals surface area contributed by atoms with Crippen molar-refractivity contribution in [1.29, 1.82) is 0 Å². The van der Waals surface area contributed by atoms with E-state index >= 15 is 0 Å². The summed E-state index contributed by atoms with van der Waals surface area (Å²) in [6.07, 6.45) is 5.17. The monoisotopic (exact) mass is 405 g/mol. The number of guanidine groups is 1. The third-order valence-corrected chi connectivity index (χ3v) is 4.12. The first kappa shape index (κ1) is 18.2. The lowest BCUT2D eigenvalue weighted by Gasteiger charge is -2.25. The fourth-order valence-electron chi connectivity index (χ4n) is 2.74. The summed E-state index contributed by atoms with van der Waals surface area (Å²) in [6, 6.07) is 6.81. The maximum atomic E-state index is 13.5. The predicted octanol–water partition coefficient (Wildman–Crippen LogP) is 3.69. The molecule has 0 bridgehead atoms. The van der Waals surface area contributed by atoms with Gasteiger partial charge in [-0.2, -0.15) is 0 Å². The average Bonchev–Trinajstić information content (AvgIpc) is 2.88. The van der Waals surface area contributed by atoms with E-state index in [0.717, 1.165) is 12.5 Å². The summed E-state index contributed by atoms with van der Waals surface area (Å²) < 4.78 is 13.5. The molecular weight excluding hydrogens is 380 g/mol. The minimum atomic E-state index is -0.182. The molecule has 0 unspecified atom stereocenters. The van der Waals surface area contributed by atoms with Crippen LogP contribution in [0.4, 0.5) is 4.39 Å². The standard InChI is InChI=1S/C16H24FN3.HI/c1-16(9-5-6-10-16)12-20-15(18-2)19-11-13-7-3-4-8-14(13)17;/h3-4,7-8H,5-6,9-12H2,1-2H3,(H2,18,19,20);1H. The summed E-state index contributed by atoms with van der Waals surface area (Å²) in [6.45, 7) is 3.68. The molecule has 21 heavy (non-hydrogen) atoms. The normalized spacial score (nSPS) is 17.2. The number of rotatable bonds is 4. The molecule has 0 heterocycles. The highest BCUT2D eigenvalue weighted by Gasteiger charge is 2.28. The van der Waals surface area contributed by atoms with Gasteiger partial charge in [-0.1, -0.05) is 38.0 Å². The zero-order valence-electron chi connectivity index (χ0n) is 12.8. The fourth-order valence-corrected chi connectivity index (χ4v) is 2.74. The van der Waals surface area contributed by atoms with Gasteiger partial charge in [-0.05, 0) is 24.3 Å². The number of aliphatic imine (C=N–C) groups is 1. The van der Waals surface area contributed by atoms with E-state index in [0.29, 0.717) is 17.5 Å². The van der Waals surface area contributed by atoms with Gasteiger partial charge >= 0.3 is 0 Å². The predicted molar refractivity (Wildman–Crippen MR) is 96.6 cm³/mol. The lowest BCUT2D eigenvalue weighted by atomic mass is 9.89. The van der Waals surface area contributed by atoms with Crippen molar-refractivity contribution < 1.29 is 4.39 Å². The number of nitrogens with zero attached hydrogens (tertiary/aromatic N) is 1. The Labute approximate surface area is 143 Å². The first-order valence-electron chi connectivity index (χ1n) is 7.31. The summed E-state index contributed by atoms with van der Waals surface area (Å²) in [5, 5.41) is 6.52. The summed E-state index contributed by atoms with van der Waals surface area (Å²) in [5.41, 5.74) is 1.03. The number of nitrogens with one attached hydrogen (secondary N) is 2. The van der Waals surface area contributed by atoms with Crippen LogP contribution in [0.1, 0.15) is 38.2 Å². The van der Waals surface area contributed by atoms with E-state index in [1.54, 1.807) is 19.2 Å². The van der Waals surface area contributed by atoms with Crippen molar-refractivity contribution in [3.63, 3.8) is 0 Å². The van der Waals surface area contributed by atoms with Crippen LogP contribution < -0.4 is 10.6 Å². The molecule has 1 aromatic carbocycles. The minimum absolute atomic E-state index is 0. The van der Waals surface area contributed by atoms with Gasteiger partial charge < -0.3 is 10.6 Å². The van der Waals surface area contributed by atoms with Gasteiger partial charge in [-0.15, -0.1) is 24.0 Å². The second-order valence-electron chi connectivity index (χ2n) is 5.89. The Morgan fingerprint density at radius 1 is 1.24 bits per heavy atom. The SMILES string of the molecule is CN=C(NCc1ccccc1F)NCC1(C)CCCC1.I. The van der Waals surface area contributed by atoms with Crippen molar-refractivity contribution in [3.05, 3.63) is 35.6 Å². The van der Waals surface area contributed by atoms with Gasteiger partial charge in [-0.3, -0.25) is 4.99 Å². The van der Waals surface area contributed by atoms with Crippen molar-refractivity contribution in [2.45, 2.75) is 39.2 Å². The van der Waals surface area contributed by atoms with Crippen LogP contribution in [0.3, 0.4) is 0 Å². The smallest absolute Gasteiger partial charge is 0.191 e. The molecular formula is C16H25FIN3. The van der Waals surface area contributed by atoms with Gasteiger partial charge in [0.1, 0.15) is 5.82 Å². The largest absolute Gasteiger partial charge is 0.356 e. The van der Waals surface area contributed by atoms with E-state index in [-0.39, 0.29) is 29.8 Å². The molecule has 0 aliphatic heterocycles. The molecule has 1 saturated carbocycles. The van der Waals surface area contributed by atoms with Crippen LogP contribution in [0.25, 0.3) is 0 Å². The van der Waals surface area contributed by atoms with Crippen LogP contribution in [0.5, 0.6) is 0 Å². The summed E-state index contributed by atoms with van der Waals surface area (Å²) in [7, 11) is 1.74. The van der Waals surface area contributed by atoms with E-state index in [9.17, 15) is 4.39 Å². The zero-order chi connectivity index (χ0) is 14.4. The van der Waals surface area contributed by atoms with Crippen LogP contribution in [0, 0.1) is 11.2 Å². The molecule has 0 atom stereocenters. The first-order chi connectivity index (χ1) is 9.63. The molecule has 1 aromatic rings. The number of hydrogen-bond acceptors (Lipinski definition) is 1. The molecule has 1 fully saturated rings. The van der Waals surface area contributed by atoms with Gasteiger partial charge in [0.15, 0.2) is 5.96 Å². The molecule has 0 aromatic heterocycles. The maximum absolute atomic E-state index is 13.5. The average molecular weight is 405 g/mol. The number of hydrogen-bond donors (Lipinski definition) is 2. The Hall–Kier alpha value is -0.850. The highest BCUT2D eigenvalue weighted by molar-refractivity contribution is 14.0. The van der Waals surface area contributed by atoms with Gasteiger partial charge in [0.2, 0.25) is 0 Å². The van der Waals surface area contributed by atoms with E-state index in [4.69, 9.17) is 0 Å². The van der Waals surface area contributed by atoms with Crippen molar-refractivity contribution >= 4 is 29.9 Å². The Balaban J connectivity index is 0.00000220. The summed E-state index contributed by atoms with van der Waals surface area (Å²) in [5.74, 6) is 0.555. The second-order valence-corrected chi connectivity index (χ2v) is 5.89. The molecule has 0 saturated heterocycles. The Morgan fingerprint density at radius 3 is 2.52 bits per heavy atom. The molecule has 3 nitrogen and oxygen atoms in total. The topological polar surface area (TPSA) is 36.4 Å². The van der Waals surface area contributed by atoms with Crippen LogP contribution in [0.2, 0.25) is 0 Å². The van der Waals surface area contributed by atoms with Crippen LogP contribution in [0.15, 0.2) is 29.3 Å². The van der Waals surface area contributed by atoms with E-state index in [1.807, 2.05) is 6.07 Å². The lowest BCUT2D eigenvalue weighted by Crippen LogP contribution is -2.41. The molecule has 5 heteroatoms. The van der Waals surface area contributed by atoms with Crippen LogP contribution in [-0.4, -0.2) is 19.6 Å². The van der Waals surface area contributed by atoms with Gasteiger partial charge in [0, 0.05) is 25.7 Å². The fraction of sp³-hybridized carbons (Fsp3) is 0.562. The highest BCUT2D eigenvalue weighted by Crippen LogP contribution is 2.36. The van der Waals surface area contributed by atoms with Crippen molar-refractivity contribution in [1.82, 2.24) is 10.6 Å². The Kier molecular flexibility index (Phi) is 7.42. The molecule has 0 spiro atoms. The highest BCUT2D eigenvalue weighted by atomic mass is 127. The molecule has 2 rings (SSSR count). The maximum Gasteiger partial charge on any atom is 0.191 e. The molecule has 0 radical (unpaired) electrons. The van der Waals surface area contributed by atoms with Crippen molar-refractivity contribution in [3.8, 4) is 0 Å². The molecule has 118 valence electrons. The van der Waals surface area contributed by atoms with Gasteiger partial charge in [-0.25, -0.2) is 4.39 Å². The van der Waals surface area contributed by atoms with Crippen molar-refractivity contribution in [2.24, 2.45) is 10.4 Å². The number of halogens is 2. The van der Waals surface area contributed by atoms with E-state index in [1.165, 1.54) is 31.7 Å². The van der Waals surface area contributed by atoms with Crippen LogP contribution >= 0.6 is 24.0 Å². The molecule has 1 aliphatic rings. The zero-order valence-corrected chi connectivity index (χ0v) is 15.1. The molecule has 1 aliphatic carbocycles. The second kappa shape index (κ2) is 8.56. The Bertz CT molecular complexity index is 470.